The van der Waals surface area contributed by atoms with Gasteiger partial charge in [-0.15, -0.1) is 12.4 Å². The van der Waals surface area contributed by atoms with Gasteiger partial charge in [-0.3, -0.25) is 0 Å². The first-order valence-corrected chi connectivity index (χ1v) is 5.00. The van der Waals surface area contributed by atoms with E-state index in [2.05, 4.69) is 29.6 Å². The first-order chi connectivity index (χ1) is 6.92. The lowest BCUT2D eigenvalue weighted by Gasteiger charge is -2.09. The molecule has 0 unspecified atom stereocenters. The van der Waals surface area contributed by atoms with E-state index in [9.17, 15) is 0 Å². The summed E-state index contributed by atoms with van der Waals surface area (Å²) in [5, 5.41) is 3.32. The normalized spacial score (nSPS) is 15.0. The Hall–Kier alpha value is -0.990. The van der Waals surface area contributed by atoms with Crippen molar-refractivity contribution in [2.45, 2.75) is 13.5 Å². The van der Waals surface area contributed by atoms with Crippen LogP contribution in [-0.2, 0) is 6.54 Å². The molecule has 0 saturated heterocycles. The number of rotatable bonds is 1. The third-order valence-electron chi connectivity index (χ3n) is 2.31. The molecule has 2 nitrogen and oxygen atoms in total. The van der Waals surface area contributed by atoms with Gasteiger partial charge in [0.15, 0.2) is 0 Å². The van der Waals surface area contributed by atoms with Gasteiger partial charge in [0, 0.05) is 24.2 Å². The molecule has 15 heavy (non-hydrogen) atoms. The maximum atomic E-state index is 5.72. The summed E-state index contributed by atoms with van der Waals surface area (Å²) in [5.74, 6) is 1.04. The van der Waals surface area contributed by atoms with Crippen LogP contribution < -0.4 is 10.1 Å². The van der Waals surface area contributed by atoms with Crippen molar-refractivity contribution in [3.8, 4) is 5.75 Å². The average Bonchev–Trinajstić information content (AvgIpc) is 2.44. The van der Waals surface area contributed by atoms with Crippen LogP contribution in [0, 0.1) is 0 Å². The number of hydrogen-bond acceptors (Lipinski definition) is 2. The molecule has 0 bridgehead atoms. The minimum Gasteiger partial charge on any atom is -0.491 e. The lowest BCUT2D eigenvalue weighted by Crippen LogP contribution is -2.16. The van der Waals surface area contributed by atoms with Gasteiger partial charge in [-0.25, -0.2) is 0 Å². The topological polar surface area (TPSA) is 21.3 Å². The van der Waals surface area contributed by atoms with Crippen molar-refractivity contribution in [2.24, 2.45) is 0 Å². The molecule has 1 N–H and O–H groups in total. The molecule has 0 aromatic heterocycles. The summed E-state index contributed by atoms with van der Waals surface area (Å²) in [6.45, 7) is 4.60. The highest BCUT2D eigenvalue weighted by atomic mass is 35.5. The second-order valence-corrected chi connectivity index (χ2v) is 3.36. The van der Waals surface area contributed by atoms with E-state index in [1.165, 1.54) is 11.1 Å². The van der Waals surface area contributed by atoms with Gasteiger partial charge < -0.3 is 10.1 Å². The van der Waals surface area contributed by atoms with Crippen LogP contribution in [0.2, 0.25) is 0 Å². The highest BCUT2D eigenvalue weighted by molar-refractivity contribution is 5.85. The van der Waals surface area contributed by atoms with Crippen LogP contribution in [0.1, 0.15) is 18.1 Å². The summed E-state index contributed by atoms with van der Waals surface area (Å²) in [6, 6.07) is 6.27. The number of fused-ring (bicyclic) bond motifs is 1. The van der Waals surface area contributed by atoms with Crippen LogP contribution in [-0.4, -0.2) is 13.2 Å². The number of ether oxygens (including phenoxy) is 1. The van der Waals surface area contributed by atoms with E-state index in [-0.39, 0.29) is 12.4 Å². The molecule has 1 heterocycles. The first kappa shape index (κ1) is 12.1. The van der Waals surface area contributed by atoms with Crippen LogP contribution in [0.3, 0.4) is 0 Å². The second-order valence-electron chi connectivity index (χ2n) is 3.36. The monoisotopic (exact) mass is 225 g/mol. The Morgan fingerprint density at radius 3 is 3.07 bits per heavy atom. The molecule has 1 aliphatic heterocycles. The smallest absolute Gasteiger partial charge is 0.131 e. The lowest BCUT2D eigenvalue weighted by atomic mass is 10.1. The van der Waals surface area contributed by atoms with Crippen molar-refractivity contribution >= 4 is 18.5 Å². The van der Waals surface area contributed by atoms with Gasteiger partial charge in [-0.2, -0.15) is 0 Å². The molecule has 1 aromatic rings. The van der Waals surface area contributed by atoms with Gasteiger partial charge in [-0.1, -0.05) is 30.4 Å². The predicted octanol–water partition coefficient (Wildman–Crippen LogP) is 2.62. The molecule has 0 amide bonds. The maximum Gasteiger partial charge on any atom is 0.131 e. The van der Waals surface area contributed by atoms with E-state index in [1.54, 1.807) is 0 Å². The van der Waals surface area contributed by atoms with E-state index in [1.807, 2.05) is 13.0 Å². The Kier molecular flexibility index (Phi) is 4.66. The average molecular weight is 226 g/mol. The fraction of sp³-hybridized carbons (Fsp3) is 0.333. The molecule has 2 rings (SSSR count). The van der Waals surface area contributed by atoms with Crippen molar-refractivity contribution < 1.29 is 4.74 Å². The molecule has 1 aromatic carbocycles. The quantitative estimate of drug-likeness (QED) is 0.794. The molecule has 0 radical (unpaired) electrons. The Labute approximate surface area is 96.7 Å². The van der Waals surface area contributed by atoms with Crippen LogP contribution in [0.15, 0.2) is 24.3 Å². The molecule has 0 spiro atoms. The standard InChI is InChI=1S/C12H15NO.ClH/c1-2-4-10-5-3-6-11-9-13-7-8-14-12(10)11;/h2-6,13H,7-9H2,1H3;1H/b4-2-;. The van der Waals surface area contributed by atoms with E-state index in [0.29, 0.717) is 0 Å². The number of allylic oxidation sites excluding steroid dienone is 1. The van der Waals surface area contributed by atoms with Crippen LogP contribution in [0.4, 0.5) is 0 Å². The van der Waals surface area contributed by atoms with Gasteiger partial charge in [-0.05, 0) is 6.92 Å². The summed E-state index contributed by atoms with van der Waals surface area (Å²) >= 11 is 0. The Morgan fingerprint density at radius 2 is 2.27 bits per heavy atom. The number of nitrogens with one attached hydrogen (secondary N) is 1. The molecular weight excluding hydrogens is 210 g/mol. The van der Waals surface area contributed by atoms with Crippen molar-refractivity contribution in [3.63, 3.8) is 0 Å². The van der Waals surface area contributed by atoms with Crippen molar-refractivity contribution in [1.29, 1.82) is 0 Å². The van der Waals surface area contributed by atoms with Gasteiger partial charge >= 0.3 is 0 Å². The van der Waals surface area contributed by atoms with E-state index >= 15 is 0 Å². The fourth-order valence-corrected chi connectivity index (χ4v) is 1.68. The van der Waals surface area contributed by atoms with E-state index in [4.69, 9.17) is 4.74 Å². The van der Waals surface area contributed by atoms with E-state index < -0.39 is 0 Å². The molecule has 0 aliphatic carbocycles. The summed E-state index contributed by atoms with van der Waals surface area (Å²) in [6.07, 6.45) is 4.13. The van der Waals surface area contributed by atoms with Crippen molar-refractivity contribution in [1.82, 2.24) is 5.32 Å². The van der Waals surface area contributed by atoms with Gasteiger partial charge in [0.1, 0.15) is 12.4 Å². The van der Waals surface area contributed by atoms with Crippen LogP contribution >= 0.6 is 12.4 Å². The zero-order chi connectivity index (χ0) is 9.80. The minimum atomic E-state index is 0. The van der Waals surface area contributed by atoms with Crippen LogP contribution in [0.5, 0.6) is 5.75 Å². The Morgan fingerprint density at radius 1 is 1.40 bits per heavy atom. The van der Waals surface area contributed by atoms with Gasteiger partial charge in [0.05, 0.1) is 0 Å². The SMILES string of the molecule is C/C=C\c1cccc2c1OCCNC2.Cl. The third-order valence-corrected chi connectivity index (χ3v) is 2.31. The second kappa shape index (κ2) is 5.79. The number of hydrogen-bond donors (Lipinski definition) is 1. The zero-order valence-corrected chi connectivity index (χ0v) is 9.64. The number of halogens is 1. The van der Waals surface area contributed by atoms with Gasteiger partial charge in [0.25, 0.3) is 0 Å². The molecule has 1 aliphatic rings. The Balaban J connectivity index is 0.00000112. The Bertz CT molecular complexity index is 349. The van der Waals surface area contributed by atoms with E-state index in [0.717, 1.165) is 25.4 Å². The molecule has 0 atom stereocenters. The third kappa shape index (κ3) is 2.74. The highest BCUT2D eigenvalue weighted by Gasteiger charge is 2.10. The summed E-state index contributed by atoms with van der Waals surface area (Å²) in [7, 11) is 0. The highest BCUT2D eigenvalue weighted by Crippen LogP contribution is 2.26. The minimum absolute atomic E-state index is 0. The van der Waals surface area contributed by atoms with Crippen molar-refractivity contribution in [3.05, 3.63) is 35.4 Å². The summed E-state index contributed by atoms with van der Waals surface area (Å²) in [5.41, 5.74) is 2.42. The van der Waals surface area contributed by atoms with Crippen molar-refractivity contribution in [2.75, 3.05) is 13.2 Å². The zero-order valence-electron chi connectivity index (χ0n) is 8.82. The number of benzene rings is 1. The predicted molar refractivity (Wildman–Crippen MR) is 65.6 cm³/mol. The first-order valence-electron chi connectivity index (χ1n) is 5.00. The lowest BCUT2D eigenvalue weighted by molar-refractivity contribution is 0.325. The summed E-state index contributed by atoms with van der Waals surface area (Å²) < 4.78 is 5.72. The molecule has 3 heteroatoms. The fourth-order valence-electron chi connectivity index (χ4n) is 1.68. The molecule has 0 fully saturated rings. The molecular formula is C12H16ClNO. The molecule has 0 saturated carbocycles. The molecule has 82 valence electrons. The van der Waals surface area contributed by atoms with Crippen LogP contribution in [0.25, 0.3) is 6.08 Å². The maximum absolute atomic E-state index is 5.72. The largest absolute Gasteiger partial charge is 0.491 e. The van der Waals surface area contributed by atoms with Gasteiger partial charge in [0.2, 0.25) is 0 Å². The summed E-state index contributed by atoms with van der Waals surface area (Å²) in [4.78, 5) is 0. The number of para-hydroxylation sites is 1.